The fraction of sp³-hybridized carbons (Fsp3) is 0.706. The first-order chi connectivity index (χ1) is 11.7. The van der Waals surface area contributed by atoms with Gasteiger partial charge in [-0.2, -0.15) is 5.10 Å². The molecular formula is C17H28ClN5O2. The lowest BCUT2D eigenvalue weighted by Crippen LogP contribution is -2.46. The molecule has 0 radical (unpaired) electrons. The van der Waals surface area contributed by atoms with Gasteiger partial charge < -0.3 is 15.5 Å². The van der Waals surface area contributed by atoms with Crippen LogP contribution in [0.4, 0.5) is 0 Å². The Kier molecular flexibility index (Phi) is 7.25. The van der Waals surface area contributed by atoms with Crippen molar-refractivity contribution in [1.82, 2.24) is 25.3 Å². The van der Waals surface area contributed by atoms with Crippen molar-refractivity contribution in [2.75, 3.05) is 26.2 Å². The molecule has 1 aromatic heterocycles. The van der Waals surface area contributed by atoms with Crippen molar-refractivity contribution < 1.29 is 9.59 Å². The largest absolute Gasteiger partial charge is 0.354 e. The Morgan fingerprint density at radius 3 is 2.88 bits per heavy atom. The fourth-order valence-electron chi connectivity index (χ4n) is 3.52. The van der Waals surface area contributed by atoms with Gasteiger partial charge in [-0.25, -0.2) is 0 Å². The fourth-order valence-corrected chi connectivity index (χ4v) is 3.52. The zero-order valence-corrected chi connectivity index (χ0v) is 15.6. The van der Waals surface area contributed by atoms with E-state index in [1.54, 1.807) is 17.1 Å². The highest BCUT2D eigenvalue weighted by Gasteiger charge is 2.27. The van der Waals surface area contributed by atoms with E-state index < -0.39 is 0 Å². The van der Waals surface area contributed by atoms with Crippen LogP contribution in [0.2, 0.25) is 0 Å². The van der Waals surface area contributed by atoms with Crippen molar-refractivity contribution in [2.24, 2.45) is 5.92 Å². The summed E-state index contributed by atoms with van der Waals surface area (Å²) in [5, 5.41) is 10.4. The van der Waals surface area contributed by atoms with Crippen LogP contribution in [-0.2, 0) is 11.3 Å². The van der Waals surface area contributed by atoms with Crippen LogP contribution in [0.15, 0.2) is 12.4 Å². The minimum Gasteiger partial charge on any atom is -0.354 e. The molecule has 0 saturated carbocycles. The molecular weight excluding hydrogens is 342 g/mol. The van der Waals surface area contributed by atoms with E-state index in [-0.39, 0.29) is 30.3 Å². The number of aromatic nitrogens is 2. The number of amides is 2. The summed E-state index contributed by atoms with van der Waals surface area (Å²) in [6.45, 7) is 5.82. The summed E-state index contributed by atoms with van der Waals surface area (Å²) in [5.74, 6) is 0.470. The molecule has 3 rings (SSSR count). The summed E-state index contributed by atoms with van der Waals surface area (Å²) < 4.78 is 1.77. The van der Waals surface area contributed by atoms with Crippen molar-refractivity contribution >= 4 is 24.2 Å². The summed E-state index contributed by atoms with van der Waals surface area (Å²) in [7, 11) is 0. The highest BCUT2D eigenvalue weighted by molar-refractivity contribution is 5.93. The molecule has 8 heteroatoms. The molecule has 3 heterocycles. The zero-order valence-electron chi connectivity index (χ0n) is 14.7. The number of hydrogen-bond donors (Lipinski definition) is 2. The molecule has 2 unspecified atom stereocenters. The van der Waals surface area contributed by atoms with E-state index in [2.05, 4.69) is 15.7 Å². The van der Waals surface area contributed by atoms with Gasteiger partial charge in [0, 0.05) is 32.4 Å². The van der Waals surface area contributed by atoms with Crippen molar-refractivity contribution in [3.8, 4) is 0 Å². The number of hydrogen-bond acceptors (Lipinski definition) is 4. The predicted molar refractivity (Wildman–Crippen MR) is 97.8 cm³/mol. The second-order valence-corrected chi connectivity index (χ2v) is 6.74. The Morgan fingerprint density at radius 1 is 1.36 bits per heavy atom. The van der Waals surface area contributed by atoms with Crippen LogP contribution in [0.25, 0.3) is 0 Å². The van der Waals surface area contributed by atoms with E-state index in [1.807, 2.05) is 11.8 Å². The highest BCUT2D eigenvalue weighted by Crippen LogP contribution is 2.18. The number of aryl methyl sites for hydroxylation is 1. The van der Waals surface area contributed by atoms with Crippen molar-refractivity contribution in [3.63, 3.8) is 0 Å². The molecule has 7 nitrogen and oxygen atoms in total. The van der Waals surface area contributed by atoms with Crippen molar-refractivity contribution in [2.45, 2.75) is 45.2 Å². The van der Waals surface area contributed by atoms with Gasteiger partial charge in [-0.15, -0.1) is 12.4 Å². The second-order valence-electron chi connectivity index (χ2n) is 6.74. The SMILES string of the molecule is CCn1cc(C(=O)N2CCCC(CNC(=O)C3CCCN3)C2)cn1.Cl. The van der Waals surface area contributed by atoms with Crippen LogP contribution in [0.3, 0.4) is 0 Å². The smallest absolute Gasteiger partial charge is 0.257 e. The number of halogens is 1. The zero-order chi connectivity index (χ0) is 16.9. The van der Waals surface area contributed by atoms with Gasteiger partial charge in [0.05, 0.1) is 17.8 Å². The topological polar surface area (TPSA) is 79.3 Å². The van der Waals surface area contributed by atoms with Crippen LogP contribution in [0.1, 0.15) is 43.0 Å². The molecule has 2 aliphatic heterocycles. The highest BCUT2D eigenvalue weighted by atomic mass is 35.5. The molecule has 2 aliphatic rings. The maximum atomic E-state index is 12.6. The van der Waals surface area contributed by atoms with E-state index in [0.29, 0.717) is 24.6 Å². The van der Waals surface area contributed by atoms with E-state index in [9.17, 15) is 9.59 Å². The van der Waals surface area contributed by atoms with E-state index in [1.165, 1.54) is 0 Å². The minimum absolute atomic E-state index is 0. The van der Waals surface area contributed by atoms with Crippen LogP contribution in [0.5, 0.6) is 0 Å². The summed E-state index contributed by atoms with van der Waals surface area (Å²) in [6.07, 6.45) is 7.46. The molecule has 0 spiro atoms. The van der Waals surface area contributed by atoms with Gasteiger partial charge >= 0.3 is 0 Å². The molecule has 1 aromatic rings. The summed E-state index contributed by atoms with van der Waals surface area (Å²) in [6, 6.07) is -0.0359. The van der Waals surface area contributed by atoms with E-state index in [4.69, 9.17) is 0 Å². The van der Waals surface area contributed by atoms with Crippen LogP contribution < -0.4 is 10.6 Å². The normalized spacial score (nSPS) is 23.2. The maximum absolute atomic E-state index is 12.6. The lowest BCUT2D eigenvalue weighted by Gasteiger charge is -2.32. The average molecular weight is 370 g/mol. The molecule has 2 N–H and O–H groups in total. The molecule has 2 amide bonds. The van der Waals surface area contributed by atoms with E-state index >= 15 is 0 Å². The summed E-state index contributed by atoms with van der Waals surface area (Å²) in [4.78, 5) is 26.6. The lowest BCUT2D eigenvalue weighted by molar-refractivity contribution is -0.123. The Bertz CT molecular complexity index is 585. The number of carbonyl (C=O) groups excluding carboxylic acids is 2. The quantitative estimate of drug-likeness (QED) is 0.813. The molecule has 0 aromatic carbocycles. The van der Waals surface area contributed by atoms with E-state index in [0.717, 1.165) is 45.3 Å². The molecule has 2 saturated heterocycles. The molecule has 25 heavy (non-hydrogen) atoms. The summed E-state index contributed by atoms with van der Waals surface area (Å²) >= 11 is 0. The standard InChI is InChI=1S/C17H27N5O2.ClH/c1-2-22-12-14(10-20-22)17(24)21-8-4-5-13(11-21)9-19-16(23)15-6-3-7-18-15;/h10,12-13,15,18H,2-9,11H2,1H3,(H,19,23);1H. The first kappa shape index (κ1) is 19.7. The molecule has 2 atom stereocenters. The third kappa shape index (κ3) is 4.95. The van der Waals surface area contributed by atoms with Gasteiger partial charge in [-0.3, -0.25) is 14.3 Å². The minimum atomic E-state index is -0.0359. The molecule has 0 bridgehead atoms. The van der Waals surface area contributed by atoms with Crippen LogP contribution >= 0.6 is 12.4 Å². The Hall–Kier alpha value is -1.60. The molecule has 2 fully saturated rings. The first-order valence-electron chi connectivity index (χ1n) is 9.00. The van der Waals surface area contributed by atoms with Gasteiger partial charge in [0.1, 0.15) is 0 Å². The lowest BCUT2D eigenvalue weighted by atomic mass is 9.97. The third-order valence-corrected chi connectivity index (χ3v) is 4.95. The van der Waals surface area contributed by atoms with Crippen LogP contribution in [-0.4, -0.2) is 58.7 Å². The Morgan fingerprint density at radius 2 is 2.20 bits per heavy atom. The number of likely N-dealkylation sites (tertiary alicyclic amines) is 1. The first-order valence-corrected chi connectivity index (χ1v) is 9.00. The van der Waals surface area contributed by atoms with Gasteiger partial charge in [0.25, 0.3) is 5.91 Å². The van der Waals surface area contributed by atoms with Gasteiger partial charge in [0.15, 0.2) is 0 Å². The predicted octanol–water partition coefficient (Wildman–Crippen LogP) is 1.05. The van der Waals surface area contributed by atoms with Crippen molar-refractivity contribution in [3.05, 3.63) is 18.0 Å². The Labute approximate surface area is 154 Å². The number of nitrogens with one attached hydrogen (secondary N) is 2. The van der Waals surface area contributed by atoms with Gasteiger partial charge in [0.2, 0.25) is 5.91 Å². The third-order valence-electron chi connectivity index (χ3n) is 4.95. The number of rotatable bonds is 5. The number of nitrogens with zero attached hydrogens (tertiary/aromatic N) is 3. The molecule has 140 valence electrons. The van der Waals surface area contributed by atoms with Crippen LogP contribution in [0, 0.1) is 5.92 Å². The second kappa shape index (κ2) is 9.20. The monoisotopic (exact) mass is 369 g/mol. The summed E-state index contributed by atoms with van der Waals surface area (Å²) in [5.41, 5.74) is 0.650. The van der Waals surface area contributed by atoms with Crippen molar-refractivity contribution in [1.29, 1.82) is 0 Å². The average Bonchev–Trinajstić information content (AvgIpc) is 3.30. The number of piperidine rings is 1. The molecule has 0 aliphatic carbocycles. The number of carbonyl (C=O) groups is 2. The van der Waals surface area contributed by atoms with Gasteiger partial charge in [-0.1, -0.05) is 0 Å². The van der Waals surface area contributed by atoms with Gasteiger partial charge in [-0.05, 0) is 45.1 Å². The Balaban J connectivity index is 0.00000225. The maximum Gasteiger partial charge on any atom is 0.257 e.